The van der Waals surface area contributed by atoms with Gasteiger partial charge in [-0.3, -0.25) is 10.1 Å². The van der Waals surface area contributed by atoms with E-state index in [2.05, 4.69) is 0 Å². The molecule has 0 bridgehead atoms. The standard InChI is InChI=1S/C11H14FNO3/c1-3-4-8(2)16-11-7-9(12)5-6-10(11)13(14)15/h5-8H,3-4H2,1-2H3/t8-/m0/s1. The van der Waals surface area contributed by atoms with Crippen LogP contribution in [-0.4, -0.2) is 11.0 Å². The Morgan fingerprint density at radius 2 is 2.25 bits per heavy atom. The lowest BCUT2D eigenvalue weighted by Crippen LogP contribution is -2.12. The second-order valence-corrected chi connectivity index (χ2v) is 3.59. The summed E-state index contributed by atoms with van der Waals surface area (Å²) in [5.41, 5.74) is -0.204. The van der Waals surface area contributed by atoms with Gasteiger partial charge in [-0.25, -0.2) is 4.39 Å². The Balaban J connectivity index is 2.92. The van der Waals surface area contributed by atoms with Gasteiger partial charge >= 0.3 is 5.69 Å². The fourth-order valence-electron chi connectivity index (χ4n) is 1.42. The van der Waals surface area contributed by atoms with Crippen LogP contribution in [0.4, 0.5) is 10.1 Å². The smallest absolute Gasteiger partial charge is 0.311 e. The minimum Gasteiger partial charge on any atom is -0.484 e. The van der Waals surface area contributed by atoms with E-state index in [1.807, 2.05) is 6.92 Å². The summed E-state index contributed by atoms with van der Waals surface area (Å²) in [5, 5.41) is 10.7. The number of hydrogen-bond acceptors (Lipinski definition) is 3. The molecule has 0 amide bonds. The molecule has 0 heterocycles. The molecule has 0 spiro atoms. The average Bonchev–Trinajstić information content (AvgIpc) is 2.17. The predicted octanol–water partition coefficient (Wildman–Crippen LogP) is 3.30. The van der Waals surface area contributed by atoms with Gasteiger partial charge in [0, 0.05) is 12.1 Å². The normalized spacial score (nSPS) is 12.2. The number of benzene rings is 1. The SMILES string of the molecule is CCC[C@H](C)Oc1cc(F)ccc1[N+](=O)[O-]. The molecule has 0 aliphatic heterocycles. The van der Waals surface area contributed by atoms with Crippen LogP contribution in [0, 0.1) is 15.9 Å². The molecule has 0 aromatic heterocycles. The highest BCUT2D eigenvalue weighted by Crippen LogP contribution is 2.28. The van der Waals surface area contributed by atoms with Gasteiger partial charge in [0.05, 0.1) is 11.0 Å². The zero-order chi connectivity index (χ0) is 12.1. The Morgan fingerprint density at radius 1 is 1.56 bits per heavy atom. The Labute approximate surface area is 93.2 Å². The van der Waals surface area contributed by atoms with E-state index < -0.39 is 10.7 Å². The molecule has 0 N–H and O–H groups in total. The van der Waals surface area contributed by atoms with Crippen LogP contribution in [0.2, 0.25) is 0 Å². The molecular formula is C11H14FNO3. The van der Waals surface area contributed by atoms with Gasteiger partial charge in [0.25, 0.3) is 0 Å². The van der Waals surface area contributed by atoms with Crippen LogP contribution in [0.25, 0.3) is 0 Å². The first-order chi connectivity index (χ1) is 7.54. The van der Waals surface area contributed by atoms with E-state index in [1.165, 1.54) is 0 Å². The van der Waals surface area contributed by atoms with Crippen LogP contribution >= 0.6 is 0 Å². The third-order valence-electron chi connectivity index (χ3n) is 2.14. The lowest BCUT2D eigenvalue weighted by atomic mass is 10.2. The third-order valence-corrected chi connectivity index (χ3v) is 2.14. The van der Waals surface area contributed by atoms with E-state index in [0.29, 0.717) is 0 Å². The Hall–Kier alpha value is -1.65. The molecule has 1 rings (SSSR count). The highest BCUT2D eigenvalue weighted by molar-refractivity contribution is 5.46. The van der Waals surface area contributed by atoms with Gasteiger partial charge in [-0.15, -0.1) is 0 Å². The lowest BCUT2D eigenvalue weighted by molar-refractivity contribution is -0.386. The van der Waals surface area contributed by atoms with Crippen molar-refractivity contribution >= 4 is 5.69 Å². The van der Waals surface area contributed by atoms with Crippen LogP contribution in [0.15, 0.2) is 18.2 Å². The van der Waals surface area contributed by atoms with Crippen molar-refractivity contribution in [3.63, 3.8) is 0 Å². The number of nitrogens with zero attached hydrogens (tertiary/aromatic N) is 1. The molecule has 0 saturated carbocycles. The van der Waals surface area contributed by atoms with Gasteiger partial charge in [0.1, 0.15) is 5.82 Å². The quantitative estimate of drug-likeness (QED) is 0.572. The Bertz CT molecular complexity index is 381. The lowest BCUT2D eigenvalue weighted by Gasteiger charge is -2.13. The molecule has 0 saturated heterocycles. The summed E-state index contributed by atoms with van der Waals surface area (Å²) in [7, 11) is 0. The molecule has 0 radical (unpaired) electrons. The monoisotopic (exact) mass is 227 g/mol. The van der Waals surface area contributed by atoms with Gasteiger partial charge in [0.15, 0.2) is 5.75 Å². The molecule has 0 aliphatic rings. The highest BCUT2D eigenvalue weighted by Gasteiger charge is 2.17. The molecule has 4 nitrogen and oxygen atoms in total. The number of nitro groups is 1. The van der Waals surface area contributed by atoms with Crippen LogP contribution < -0.4 is 4.74 Å². The largest absolute Gasteiger partial charge is 0.484 e. The Kier molecular flexibility index (Phi) is 4.22. The maximum absolute atomic E-state index is 12.9. The zero-order valence-corrected chi connectivity index (χ0v) is 9.27. The second kappa shape index (κ2) is 5.44. The fourth-order valence-corrected chi connectivity index (χ4v) is 1.42. The van der Waals surface area contributed by atoms with E-state index in [9.17, 15) is 14.5 Å². The minimum absolute atomic E-state index is 0.00838. The highest BCUT2D eigenvalue weighted by atomic mass is 19.1. The molecule has 88 valence electrons. The van der Waals surface area contributed by atoms with Gasteiger partial charge < -0.3 is 4.74 Å². The van der Waals surface area contributed by atoms with Gasteiger partial charge in [-0.05, 0) is 19.4 Å². The molecule has 1 atom stereocenters. The van der Waals surface area contributed by atoms with Crippen LogP contribution in [0.3, 0.4) is 0 Å². The molecule has 1 aromatic carbocycles. The molecule has 0 aliphatic carbocycles. The van der Waals surface area contributed by atoms with E-state index in [0.717, 1.165) is 31.0 Å². The minimum atomic E-state index is -0.576. The summed E-state index contributed by atoms with van der Waals surface area (Å²) in [6.07, 6.45) is 1.52. The number of hydrogen-bond donors (Lipinski definition) is 0. The first kappa shape index (κ1) is 12.4. The van der Waals surface area contributed by atoms with Crippen molar-refractivity contribution in [3.05, 3.63) is 34.1 Å². The number of nitro benzene ring substituents is 1. The first-order valence-corrected chi connectivity index (χ1v) is 5.15. The van der Waals surface area contributed by atoms with Crippen LogP contribution in [0.1, 0.15) is 26.7 Å². The van der Waals surface area contributed by atoms with E-state index in [4.69, 9.17) is 4.74 Å². The zero-order valence-electron chi connectivity index (χ0n) is 9.27. The van der Waals surface area contributed by atoms with Crippen molar-refractivity contribution in [1.29, 1.82) is 0 Å². The second-order valence-electron chi connectivity index (χ2n) is 3.59. The summed E-state index contributed by atoms with van der Waals surface area (Å²) in [6.45, 7) is 3.79. The van der Waals surface area contributed by atoms with Crippen molar-refractivity contribution in [2.75, 3.05) is 0 Å². The number of rotatable bonds is 5. The number of halogens is 1. The number of ether oxygens (including phenoxy) is 1. The maximum atomic E-state index is 12.9. The summed E-state index contributed by atoms with van der Waals surface area (Å²) in [6, 6.07) is 3.21. The van der Waals surface area contributed by atoms with Crippen LogP contribution in [0.5, 0.6) is 5.75 Å². The molecule has 1 aromatic rings. The van der Waals surface area contributed by atoms with Crippen molar-refractivity contribution in [2.45, 2.75) is 32.8 Å². The molecule has 0 unspecified atom stereocenters. The summed E-state index contributed by atoms with van der Waals surface area (Å²) >= 11 is 0. The van der Waals surface area contributed by atoms with Crippen molar-refractivity contribution in [2.24, 2.45) is 0 Å². The van der Waals surface area contributed by atoms with Crippen LogP contribution in [-0.2, 0) is 0 Å². The van der Waals surface area contributed by atoms with Gasteiger partial charge in [-0.2, -0.15) is 0 Å². The van der Waals surface area contributed by atoms with Crippen molar-refractivity contribution in [1.82, 2.24) is 0 Å². The van der Waals surface area contributed by atoms with E-state index in [-0.39, 0.29) is 17.5 Å². The summed E-state index contributed by atoms with van der Waals surface area (Å²) in [5.74, 6) is -0.546. The van der Waals surface area contributed by atoms with E-state index >= 15 is 0 Å². The predicted molar refractivity (Wildman–Crippen MR) is 58.1 cm³/mol. The average molecular weight is 227 g/mol. The van der Waals surface area contributed by atoms with Crippen molar-refractivity contribution < 1.29 is 14.1 Å². The van der Waals surface area contributed by atoms with E-state index in [1.54, 1.807) is 6.92 Å². The summed E-state index contributed by atoms with van der Waals surface area (Å²) < 4.78 is 18.3. The van der Waals surface area contributed by atoms with Gasteiger partial charge in [0.2, 0.25) is 0 Å². The first-order valence-electron chi connectivity index (χ1n) is 5.15. The molecular weight excluding hydrogens is 213 g/mol. The fraction of sp³-hybridized carbons (Fsp3) is 0.455. The maximum Gasteiger partial charge on any atom is 0.311 e. The molecule has 0 fully saturated rings. The molecule has 5 heteroatoms. The molecule has 16 heavy (non-hydrogen) atoms. The van der Waals surface area contributed by atoms with Gasteiger partial charge in [-0.1, -0.05) is 13.3 Å². The topological polar surface area (TPSA) is 52.4 Å². The van der Waals surface area contributed by atoms with Crippen molar-refractivity contribution in [3.8, 4) is 5.75 Å². The third kappa shape index (κ3) is 3.18. The summed E-state index contributed by atoms with van der Waals surface area (Å²) in [4.78, 5) is 10.1. The Morgan fingerprint density at radius 3 is 2.81 bits per heavy atom.